The van der Waals surface area contributed by atoms with Gasteiger partial charge in [0.1, 0.15) is 11.5 Å². The van der Waals surface area contributed by atoms with Gasteiger partial charge in [0.15, 0.2) is 6.17 Å². The molecule has 4 heteroatoms. The predicted octanol–water partition coefficient (Wildman–Crippen LogP) is 3.30. The summed E-state index contributed by atoms with van der Waals surface area (Å²) < 4.78 is 35.9. The Labute approximate surface area is 86.1 Å². The van der Waals surface area contributed by atoms with Crippen LogP contribution in [0, 0.1) is 0 Å². The molecule has 0 N–H and O–H groups in total. The van der Waals surface area contributed by atoms with Gasteiger partial charge in [-0.2, -0.15) is 4.39 Å². The fourth-order valence-corrected chi connectivity index (χ4v) is 1.43. The molecule has 2 rings (SSSR count). The minimum Gasteiger partial charge on any atom is -0.463 e. The van der Waals surface area contributed by atoms with Crippen molar-refractivity contribution in [3.63, 3.8) is 0 Å². The minimum absolute atomic E-state index is 0.189. The lowest BCUT2D eigenvalue weighted by molar-refractivity contribution is 0.0215. The van der Waals surface area contributed by atoms with E-state index < -0.39 is 12.5 Å². The van der Waals surface area contributed by atoms with Crippen LogP contribution in [0.2, 0.25) is 0 Å². The van der Waals surface area contributed by atoms with Crippen molar-refractivity contribution in [3.8, 4) is 11.5 Å². The first kappa shape index (κ1) is 9.96. The van der Waals surface area contributed by atoms with Crippen molar-refractivity contribution in [2.75, 3.05) is 0 Å². The van der Waals surface area contributed by atoms with Gasteiger partial charge in [0.25, 0.3) is 6.36 Å². The lowest BCUT2D eigenvalue weighted by atomic mass is 10.1. The number of ether oxygens (including phenoxy) is 2. The Morgan fingerprint density at radius 1 is 1.47 bits per heavy atom. The molecule has 2 atom stereocenters. The Hall–Kier alpha value is -1.58. The van der Waals surface area contributed by atoms with Gasteiger partial charge in [0, 0.05) is 11.6 Å². The van der Waals surface area contributed by atoms with Crippen molar-refractivity contribution in [2.45, 2.75) is 19.5 Å². The molecule has 0 saturated heterocycles. The van der Waals surface area contributed by atoms with Crippen LogP contribution in [0.15, 0.2) is 30.5 Å². The molecule has 0 spiro atoms. The minimum atomic E-state index is -1.92. The summed E-state index contributed by atoms with van der Waals surface area (Å²) in [5.41, 5.74) is 0.219. The number of benzene rings is 1. The van der Waals surface area contributed by atoms with E-state index in [1.165, 1.54) is 12.1 Å². The maximum absolute atomic E-state index is 13.1. The van der Waals surface area contributed by atoms with E-state index in [4.69, 9.17) is 4.74 Å². The summed E-state index contributed by atoms with van der Waals surface area (Å²) in [6.45, 7) is 5.25. The van der Waals surface area contributed by atoms with Crippen LogP contribution in [0.5, 0.6) is 11.5 Å². The van der Waals surface area contributed by atoms with Gasteiger partial charge in [0.05, 0.1) is 5.76 Å². The highest BCUT2D eigenvalue weighted by atomic mass is 19.2. The number of hydrogen-bond acceptors (Lipinski definition) is 2. The maximum atomic E-state index is 13.1. The van der Waals surface area contributed by atoms with E-state index in [2.05, 4.69) is 11.3 Å². The van der Waals surface area contributed by atoms with Gasteiger partial charge in [0.2, 0.25) is 0 Å². The second-order valence-electron chi connectivity index (χ2n) is 3.37. The van der Waals surface area contributed by atoms with Crippen molar-refractivity contribution in [1.29, 1.82) is 0 Å². The Kier molecular flexibility index (Phi) is 2.34. The molecule has 2 unspecified atom stereocenters. The third-order valence-corrected chi connectivity index (χ3v) is 2.04. The smallest absolute Gasteiger partial charge is 0.273 e. The highest BCUT2D eigenvalue weighted by Gasteiger charge is 2.34. The van der Waals surface area contributed by atoms with E-state index in [1.807, 2.05) is 0 Å². The molecule has 1 aromatic carbocycles. The summed E-state index contributed by atoms with van der Waals surface area (Å²) in [5, 5.41) is 0. The Morgan fingerprint density at radius 2 is 2.20 bits per heavy atom. The van der Waals surface area contributed by atoms with Crippen LogP contribution >= 0.6 is 0 Å². The summed E-state index contributed by atoms with van der Waals surface area (Å²) in [7, 11) is 0. The van der Waals surface area contributed by atoms with Crippen LogP contribution in [0.25, 0.3) is 0 Å². The molecule has 0 radical (unpaired) electrons. The third kappa shape index (κ3) is 1.79. The largest absolute Gasteiger partial charge is 0.463 e. The number of halogens is 2. The predicted molar refractivity (Wildman–Crippen MR) is 51.3 cm³/mol. The molecule has 1 aliphatic heterocycles. The van der Waals surface area contributed by atoms with Gasteiger partial charge >= 0.3 is 0 Å². The van der Waals surface area contributed by atoms with E-state index in [0.717, 1.165) is 0 Å². The average molecular weight is 212 g/mol. The highest BCUT2D eigenvalue weighted by Crippen LogP contribution is 2.41. The number of fused-ring (bicyclic) bond motifs is 1. The van der Waals surface area contributed by atoms with Crippen LogP contribution in [-0.4, -0.2) is 6.36 Å². The molecule has 0 fully saturated rings. The monoisotopic (exact) mass is 212 g/mol. The van der Waals surface area contributed by atoms with E-state index in [9.17, 15) is 8.78 Å². The molecule has 80 valence electrons. The van der Waals surface area contributed by atoms with E-state index >= 15 is 0 Å². The van der Waals surface area contributed by atoms with Crippen molar-refractivity contribution >= 4 is 0 Å². The molecule has 0 aromatic heterocycles. The molecule has 1 aliphatic rings. The Bertz CT molecular complexity index is 404. The van der Waals surface area contributed by atoms with Gasteiger partial charge in [-0.15, -0.1) is 0 Å². The molecule has 0 aliphatic carbocycles. The van der Waals surface area contributed by atoms with Crippen molar-refractivity contribution in [1.82, 2.24) is 0 Å². The number of alkyl halides is 2. The summed E-state index contributed by atoms with van der Waals surface area (Å²) in [6, 6.07) is 4.47. The van der Waals surface area contributed by atoms with Crippen LogP contribution in [0.1, 0.15) is 18.7 Å². The SMILES string of the molecule is C=C(C)Oc1ccc2c(c1)OC(F)C2F. The second-order valence-corrected chi connectivity index (χ2v) is 3.37. The highest BCUT2D eigenvalue weighted by molar-refractivity contribution is 5.45. The van der Waals surface area contributed by atoms with Gasteiger partial charge in [-0.1, -0.05) is 6.58 Å². The standard InChI is InChI=1S/C11H10F2O2/c1-6(2)14-7-3-4-8-9(5-7)15-11(13)10(8)12/h3-5,10-11H,1H2,2H3. The zero-order chi connectivity index (χ0) is 11.0. The summed E-state index contributed by atoms with van der Waals surface area (Å²) in [5.74, 6) is 1.15. The first-order valence-corrected chi connectivity index (χ1v) is 4.50. The molecule has 2 nitrogen and oxygen atoms in total. The molecule has 15 heavy (non-hydrogen) atoms. The van der Waals surface area contributed by atoms with E-state index in [-0.39, 0.29) is 11.3 Å². The number of rotatable bonds is 2. The van der Waals surface area contributed by atoms with Gasteiger partial charge in [-0.05, 0) is 19.1 Å². The number of hydrogen-bond donors (Lipinski definition) is 0. The van der Waals surface area contributed by atoms with Crippen molar-refractivity contribution < 1.29 is 18.3 Å². The normalized spacial score (nSPS) is 23.1. The summed E-state index contributed by atoms with van der Waals surface area (Å²) in [4.78, 5) is 0. The lowest BCUT2D eigenvalue weighted by Gasteiger charge is -2.05. The molecule has 1 aromatic rings. The summed E-state index contributed by atoms with van der Waals surface area (Å²) in [6.07, 6.45) is -3.63. The fourth-order valence-electron chi connectivity index (χ4n) is 1.43. The first-order valence-electron chi connectivity index (χ1n) is 4.50. The Morgan fingerprint density at radius 3 is 2.87 bits per heavy atom. The number of allylic oxidation sites excluding steroid dienone is 1. The molecular weight excluding hydrogens is 202 g/mol. The van der Waals surface area contributed by atoms with E-state index in [0.29, 0.717) is 11.5 Å². The lowest BCUT2D eigenvalue weighted by Crippen LogP contribution is -2.07. The summed E-state index contributed by atoms with van der Waals surface area (Å²) >= 11 is 0. The topological polar surface area (TPSA) is 18.5 Å². The van der Waals surface area contributed by atoms with E-state index in [1.54, 1.807) is 13.0 Å². The van der Waals surface area contributed by atoms with Crippen molar-refractivity contribution in [2.24, 2.45) is 0 Å². The van der Waals surface area contributed by atoms with Crippen molar-refractivity contribution in [3.05, 3.63) is 36.1 Å². The third-order valence-electron chi connectivity index (χ3n) is 2.04. The molecule has 1 heterocycles. The van der Waals surface area contributed by atoms with Crippen LogP contribution in [-0.2, 0) is 0 Å². The first-order chi connectivity index (χ1) is 7.08. The molecule has 0 bridgehead atoms. The second kappa shape index (κ2) is 3.53. The fraction of sp³-hybridized carbons (Fsp3) is 0.273. The molecule has 0 amide bonds. The average Bonchev–Trinajstić information content (AvgIpc) is 2.41. The molecule has 0 saturated carbocycles. The van der Waals surface area contributed by atoms with Crippen LogP contribution in [0.4, 0.5) is 8.78 Å². The van der Waals surface area contributed by atoms with Gasteiger partial charge in [-0.3, -0.25) is 0 Å². The molecular formula is C11H10F2O2. The maximum Gasteiger partial charge on any atom is 0.273 e. The Balaban J connectivity index is 2.29. The zero-order valence-electron chi connectivity index (χ0n) is 8.17. The van der Waals surface area contributed by atoms with Crippen LogP contribution in [0.3, 0.4) is 0 Å². The van der Waals surface area contributed by atoms with Crippen LogP contribution < -0.4 is 9.47 Å². The zero-order valence-corrected chi connectivity index (χ0v) is 8.17. The quantitative estimate of drug-likeness (QED) is 0.700. The van der Waals surface area contributed by atoms with Gasteiger partial charge in [-0.25, -0.2) is 4.39 Å². The van der Waals surface area contributed by atoms with Gasteiger partial charge < -0.3 is 9.47 Å².